The van der Waals surface area contributed by atoms with Crippen molar-refractivity contribution in [2.24, 2.45) is 0 Å². The van der Waals surface area contributed by atoms with Crippen LogP contribution < -0.4 is 5.46 Å². The fourth-order valence-electron chi connectivity index (χ4n) is 1.62. The van der Waals surface area contributed by atoms with Gasteiger partial charge in [-0.2, -0.15) is 0 Å². The first-order valence-electron chi connectivity index (χ1n) is 5.06. The number of amides is 2. The molecule has 1 aromatic rings. The Bertz CT molecular complexity index is 480. The number of carbonyl (C=O) groups is 2. The maximum atomic E-state index is 11.3. The number of hydrogen-bond donors (Lipinski definition) is 2. The van der Waals surface area contributed by atoms with Crippen molar-refractivity contribution in [3.05, 3.63) is 42.0 Å². The van der Waals surface area contributed by atoms with Crippen molar-refractivity contribution >= 4 is 24.4 Å². The summed E-state index contributed by atoms with van der Waals surface area (Å²) in [5.41, 5.74) is 0.996. The van der Waals surface area contributed by atoms with Gasteiger partial charge in [0.25, 0.3) is 11.8 Å². The van der Waals surface area contributed by atoms with E-state index >= 15 is 0 Å². The van der Waals surface area contributed by atoms with Crippen molar-refractivity contribution in [3.8, 4) is 0 Å². The van der Waals surface area contributed by atoms with E-state index in [1.807, 2.05) is 0 Å². The SMILES string of the molecule is O=C1C=CC(=O)N1Cc1cccc(B(O)O)c1. The third-order valence-corrected chi connectivity index (χ3v) is 2.49. The van der Waals surface area contributed by atoms with Crippen LogP contribution in [0.3, 0.4) is 0 Å². The number of carbonyl (C=O) groups excluding carboxylic acids is 2. The Labute approximate surface area is 98.1 Å². The van der Waals surface area contributed by atoms with Crippen LogP contribution in [0.5, 0.6) is 0 Å². The van der Waals surface area contributed by atoms with Gasteiger partial charge in [-0.3, -0.25) is 14.5 Å². The first-order valence-corrected chi connectivity index (χ1v) is 5.06. The molecule has 0 atom stereocenters. The predicted molar refractivity (Wildman–Crippen MR) is 61.0 cm³/mol. The van der Waals surface area contributed by atoms with Crippen LogP contribution in [-0.2, 0) is 16.1 Å². The fourth-order valence-corrected chi connectivity index (χ4v) is 1.62. The van der Waals surface area contributed by atoms with Crippen LogP contribution in [0.15, 0.2) is 36.4 Å². The zero-order valence-electron chi connectivity index (χ0n) is 8.91. The highest BCUT2D eigenvalue weighted by Crippen LogP contribution is 2.09. The minimum Gasteiger partial charge on any atom is -0.423 e. The van der Waals surface area contributed by atoms with E-state index in [0.29, 0.717) is 11.0 Å². The first-order chi connectivity index (χ1) is 8.08. The number of hydrogen-bond acceptors (Lipinski definition) is 4. The molecule has 1 heterocycles. The van der Waals surface area contributed by atoms with E-state index in [1.54, 1.807) is 24.3 Å². The second-order valence-corrected chi connectivity index (χ2v) is 3.71. The molecule has 1 aromatic carbocycles. The minimum atomic E-state index is -1.56. The summed E-state index contributed by atoms with van der Waals surface area (Å²) in [7, 11) is -1.56. The Balaban J connectivity index is 2.16. The average Bonchev–Trinajstić information content (AvgIpc) is 2.61. The van der Waals surface area contributed by atoms with Gasteiger partial charge in [-0.15, -0.1) is 0 Å². The summed E-state index contributed by atoms with van der Waals surface area (Å²) in [5.74, 6) is -0.713. The number of rotatable bonds is 3. The van der Waals surface area contributed by atoms with E-state index in [9.17, 15) is 9.59 Å². The monoisotopic (exact) mass is 231 g/mol. The van der Waals surface area contributed by atoms with E-state index < -0.39 is 7.12 Å². The van der Waals surface area contributed by atoms with Crippen molar-refractivity contribution in [1.82, 2.24) is 4.90 Å². The molecule has 0 bridgehead atoms. The summed E-state index contributed by atoms with van der Waals surface area (Å²) in [4.78, 5) is 23.7. The highest BCUT2D eigenvalue weighted by molar-refractivity contribution is 6.58. The highest BCUT2D eigenvalue weighted by Gasteiger charge is 2.23. The third kappa shape index (κ3) is 2.43. The van der Waals surface area contributed by atoms with Crippen molar-refractivity contribution in [1.29, 1.82) is 0 Å². The molecule has 0 aliphatic carbocycles. The molecule has 0 unspecified atom stereocenters. The quantitative estimate of drug-likeness (QED) is 0.505. The topological polar surface area (TPSA) is 77.8 Å². The fraction of sp³-hybridized carbons (Fsp3) is 0.0909. The number of imide groups is 1. The van der Waals surface area contributed by atoms with Gasteiger partial charge in [0.15, 0.2) is 0 Å². The summed E-state index contributed by atoms with van der Waals surface area (Å²) in [6.07, 6.45) is 2.43. The van der Waals surface area contributed by atoms with Gasteiger partial charge < -0.3 is 10.0 Å². The molecule has 1 aliphatic rings. The molecule has 0 saturated heterocycles. The van der Waals surface area contributed by atoms with Crippen LogP contribution in [0.25, 0.3) is 0 Å². The summed E-state index contributed by atoms with van der Waals surface area (Å²) in [6.45, 7) is 0.130. The predicted octanol–water partition coefficient (Wildman–Crippen LogP) is -1.21. The van der Waals surface area contributed by atoms with Gasteiger partial charge in [-0.25, -0.2) is 0 Å². The molecule has 0 spiro atoms. The van der Waals surface area contributed by atoms with Crippen LogP contribution in [0, 0.1) is 0 Å². The molecule has 86 valence electrons. The Morgan fingerprint density at radius 1 is 1.12 bits per heavy atom. The highest BCUT2D eigenvalue weighted by atomic mass is 16.4. The van der Waals surface area contributed by atoms with Gasteiger partial charge >= 0.3 is 7.12 Å². The van der Waals surface area contributed by atoms with Gasteiger partial charge in [0.1, 0.15) is 0 Å². The summed E-state index contributed by atoms with van der Waals surface area (Å²) in [5, 5.41) is 18.0. The molecule has 6 heteroatoms. The molecular formula is C11H10BNO4. The van der Waals surface area contributed by atoms with Crippen molar-refractivity contribution in [2.45, 2.75) is 6.54 Å². The smallest absolute Gasteiger partial charge is 0.423 e. The summed E-state index contributed by atoms with van der Waals surface area (Å²) < 4.78 is 0. The lowest BCUT2D eigenvalue weighted by molar-refractivity contribution is -0.137. The van der Waals surface area contributed by atoms with E-state index in [-0.39, 0.29) is 18.4 Å². The Hall–Kier alpha value is -1.92. The largest absolute Gasteiger partial charge is 0.488 e. The van der Waals surface area contributed by atoms with Gasteiger partial charge in [0, 0.05) is 12.2 Å². The van der Waals surface area contributed by atoms with Gasteiger partial charge in [-0.1, -0.05) is 24.3 Å². The molecular weight excluding hydrogens is 221 g/mol. The Morgan fingerprint density at radius 3 is 2.35 bits per heavy atom. The Kier molecular flexibility index (Phi) is 3.08. The molecule has 0 fully saturated rings. The van der Waals surface area contributed by atoms with Crippen molar-refractivity contribution < 1.29 is 19.6 Å². The first kappa shape index (κ1) is 11.6. The van der Waals surface area contributed by atoms with Crippen LogP contribution in [0.4, 0.5) is 0 Å². The van der Waals surface area contributed by atoms with Crippen LogP contribution in [0.1, 0.15) is 5.56 Å². The second kappa shape index (κ2) is 4.53. The third-order valence-electron chi connectivity index (χ3n) is 2.49. The number of benzene rings is 1. The standard InChI is InChI=1S/C11H10BNO4/c14-10-4-5-11(15)13(10)7-8-2-1-3-9(6-8)12(16)17/h1-6,16-17H,7H2. The van der Waals surface area contributed by atoms with Gasteiger partial charge in [-0.05, 0) is 11.0 Å². The van der Waals surface area contributed by atoms with E-state index in [1.165, 1.54) is 12.2 Å². The van der Waals surface area contributed by atoms with Gasteiger partial charge in [0.05, 0.1) is 6.54 Å². The van der Waals surface area contributed by atoms with E-state index in [4.69, 9.17) is 10.0 Å². The summed E-state index contributed by atoms with van der Waals surface area (Å²) in [6, 6.07) is 6.46. The molecule has 0 aromatic heterocycles. The summed E-state index contributed by atoms with van der Waals surface area (Å²) >= 11 is 0. The normalized spacial score (nSPS) is 14.6. The lowest BCUT2D eigenvalue weighted by atomic mass is 9.79. The molecule has 2 N–H and O–H groups in total. The maximum Gasteiger partial charge on any atom is 0.488 e. The molecule has 0 radical (unpaired) electrons. The second-order valence-electron chi connectivity index (χ2n) is 3.71. The lowest BCUT2D eigenvalue weighted by Crippen LogP contribution is -2.32. The molecule has 5 nitrogen and oxygen atoms in total. The van der Waals surface area contributed by atoms with Crippen LogP contribution in [0.2, 0.25) is 0 Å². The molecule has 2 amide bonds. The molecule has 0 saturated carbocycles. The minimum absolute atomic E-state index is 0.130. The Morgan fingerprint density at radius 2 is 1.76 bits per heavy atom. The molecule has 17 heavy (non-hydrogen) atoms. The average molecular weight is 231 g/mol. The van der Waals surface area contributed by atoms with Crippen LogP contribution >= 0.6 is 0 Å². The molecule has 2 rings (SSSR count). The van der Waals surface area contributed by atoms with Crippen molar-refractivity contribution in [2.75, 3.05) is 0 Å². The lowest BCUT2D eigenvalue weighted by Gasteiger charge is -2.14. The van der Waals surface area contributed by atoms with Crippen LogP contribution in [-0.4, -0.2) is 33.9 Å². The van der Waals surface area contributed by atoms with Crippen molar-refractivity contribution in [3.63, 3.8) is 0 Å². The van der Waals surface area contributed by atoms with E-state index in [2.05, 4.69) is 0 Å². The van der Waals surface area contributed by atoms with Gasteiger partial charge in [0.2, 0.25) is 0 Å². The maximum absolute atomic E-state index is 11.3. The number of nitrogens with zero attached hydrogens (tertiary/aromatic N) is 1. The molecule has 1 aliphatic heterocycles. The zero-order valence-corrected chi connectivity index (χ0v) is 8.91. The zero-order chi connectivity index (χ0) is 12.4. The van der Waals surface area contributed by atoms with E-state index in [0.717, 1.165) is 4.90 Å².